The molecule has 0 radical (unpaired) electrons. The monoisotopic (exact) mass is 438 g/mol. The highest BCUT2D eigenvalue weighted by atomic mass is 32.2. The van der Waals surface area contributed by atoms with Gasteiger partial charge in [0.05, 0.1) is 5.75 Å². The molecular weight excluding hydrogens is 404 g/mol. The van der Waals surface area contributed by atoms with Crippen molar-refractivity contribution in [3.63, 3.8) is 0 Å². The fourth-order valence-electron chi connectivity index (χ4n) is 4.00. The van der Waals surface area contributed by atoms with E-state index in [2.05, 4.69) is 36.5 Å². The number of carbonyl (C=O) groups excluding carboxylic acids is 2. The molecule has 1 unspecified atom stereocenters. The number of benzene rings is 2. The number of thioether (sulfide) groups is 1. The van der Waals surface area contributed by atoms with E-state index in [1.165, 1.54) is 42.2 Å². The van der Waals surface area contributed by atoms with Gasteiger partial charge in [-0.3, -0.25) is 9.59 Å². The van der Waals surface area contributed by atoms with Gasteiger partial charge in [-0.25, -0.2) is 0 Å². The zero-order chi connectivity index (χ0) is 22.1. The Morgan fingerprint density at radius 1 is 1.03 bits per heavy atom. The zero-order valence-corrected chi connectivity index (χ0v) is 19.5. The molecule has 2 aromatic carbocycles. The Hall–Kier alpha value is -2.27. The lowest BCUT2D eigenvalue weighted by atomic mass is 9.95. The molecule has 3 rings (SSSR count). The number of nitrogens with one attached hydrogen (secondary N) is 1. The Bertz CT molecular complexity index is 832. The van der Waals surface area contributed by atoms with Crippen LogP contribution in [0.15, 0.2) is 59.5 Å². The molecule has 5 heteroatoms. The maximum absolute atomic E-state index is 13.2. The van der Waals surface area contributed by atoms with Crippen LogP contribution < -0.4 is 5.32 Å². The van der Waals surface area contributed by atoms with E-state index >= 15 is 0 Å². The normalized spacial score (nSPS) is 15.3. The molecule has 2 aromatic rings. The summed E-state index contributed by atoms with van der Waals surface area (Å²) in [6, 6.07) is 18.1. The second kappa shape index (κ2) is 11.9. The van der Waals surface area contributed by atoms with Crippen molar-refractivity contribution in [2.45, 2.75) is 69.4 Å². The molecule has 1 atom stereocenters. The standard InChI is InChI=1S/C26H34N2O2S/c1-20-13-15-24(16-14-20)31-19-25(29)28(18-17-22-9-5-3-6-10-22)21(2)26(30)27-23-11-7-4-8-12-23/h3,5-6,9-10,13-16,21,23H,4,7-8,11-12,17-19H2,1-2H3,(H,27,30). The van der Waals surface area contributed by atoms with E-state index in [0.29, 0.717) is 12.3 Å². The van der Waals surface area contributed by atoms with Crippen molar-refractivity contribution in [3.05, 3.63) is 65.7 Å². The molecule has 0 aromatic heterocycles. The first-order valence-corrected chi connectivity index (χ1v) is 12.3. The Labute approximate surface area is 190 Å². The predicted molar refractivity (Wildman–Crippen MR) is 128 cm³/mol. The highest BCUT2D eigenvalue weighted by Gasteiger charge is 2.27. The molecule has 1 fully saturated rings. The van der Waals surface area contributed by atoms with Gasteiger partial charge in [0.25, 0.3) is 0 Å². The molecule has 1 N–H and O–H groups in total. The third-order valence-corrected chi connectivity index (χ3v) is 6.98. The van der Waals surface area contributed by atoms with Crippen molar-refractivity contribution in [2.75, 3.05) is 12.3 Å². The summed E-state index contributed by atoms with van der Waals surface area (Å²) < 4.78 is 0. The lowest BCUT2D eigenvalue weighted by molar-refractivity contribution is -0.138. The summed E-state index contributed by atoms with van der Waals surface area (Å²) in [6.45, 7) is 4.45. The summed E-state index contributed by atoms with van der Waals surface area (Å²) in [5.74, 6) is 0.306. The molecule has 166 valence electrons. The van der Waals surface area contributed by atoms with Crippen LogP contribution in [0.1, 0.15) is 50.2 Å². The number of rotatable bonds is 9. The maximum Gasteiger partial charge on any atom is 0.242 e. The summed E-state index contributed by atoms with van der Waals surface area (Å²) in [7, 11) is 0. The van der Waals surface area contributed by atoms with Gasteiger partial charge in [-0.2, -0.15) is 0 Å². The van der Waals surface area contributed by atoms with Gasteiger partial charge in [-0.05, 0) is 50.8 Å². The molecule has 2 amide bonds. The van der Waals surface area contributed by atoms with Gasteiger partial charge >= 0.3 is 0 Å². The topological polar surface area (TPSA) is 49.4 Å². The highest BCUT2D eigenvalue weighted by molar-refractivity contribution is 8.00. The number of hydrogen-bond acceptors (Lipinski definition) is 3. The molecule has 0 heterocycles. The van der Waals surface area contributed by atoms with Gasteiger partial charge < -0.3 is 10.2 Å². The zero-order valence-electron chi connectivity index (χ0n) is 18.7. The van der Waals surface area contributed by atoms with Gasteiger partial charge in [-0.15, -0.1) is 11.8 Å². The fraction of sp³-hybridized carbons (Fsp3) is 0.462. The molecule has 1 aliphatic rings. The first kappa shape index (κ1) is 23.4. The van der Waals surface area contributed by atoms with Gasteiger partial charge in [0, 0.05) is 17.5 Å². The van der Waals surface area contributed by atoms with Crippen LogP contribution in [0, 0.1) is 6.92 Å². The minimum atomic E-state index is -0.475. The minimum Gasteiger partial charge on any atom is -0.352 e. The summed E-state index contributed by atoms with van der Waals surface area (Å²) in [5, 5.41) is 3.19. The number of amides is 2. The van der Waals surface area contributed by atoms with E-state index in [1.54, 1.807) is 4.90 Å². The van der Waals surface area contributed by atoms with Crippen LogP contribution in [0.2, 0.25) is 0 Å². The number of aryl methyl sites for hydroxylation is 1. The van der Waals surface area contributed by atoms with Gasteiger partial charge in [0.15, 0.2) is 0 Å². The van der Waals surface area contributed by atoms with Crippen LogP contribution in [0.5, 0.6) is 0 Å². The van der Waals surface area contributed by atoms with Crippen molar-refractivity contribution in [1.82, 2.24) is 10.2 Å². The second-order valence-electron chi connectivity index (χ2n) is 8.44. The van der Waals surface area contributed by atoms with Gasteiger partial charge in [-0.1, -0.05) is 67.3 Å². The summed E-state index contributed by atoms with van der Waals surface area (Å²) in [6.07, 6.45) is 6.41. The lowest BCUT2D eigenvalue weighted by Crippen LogP contribution is -2.51. The molecule has 31 heavy (non-hydrogen) atoms. The first-order valence-electron chi connectivity index (χ1n) is 11.4. The average molecular weight is 439 g/mol. The molecule has 1 aliphatic carbocycles. The van der Waals surface area contributed by atoms with E-state index in [0.717, 1.165) is 24.2 Å². The summed E-state index contributed by atoms with van der Waals surface area (Å²) in [5.41, 5.74) is 2.37. The first-order chi connectivity index (χ1) is 15.0. The smallest absolute Gasteiger partial charge is 0.242 e. The van der Waals surface area contributed by atoms with Crippen LogP contribution in [-0.4, -0.2) is 41.1 Å². The quantitative estimate of drug-likeness (QED) is 0.561. The Balaban J connectivity index is 1.63. The highest BCUT2D eigenvalue weighted by Crippen LogP contribution is 2.20. The second-order valence-corrected chi connectivity index (χ2v) is 9.49. The fourth-order valence-corrected chi connectivity index (χ4v) is 4.79. The van der Waals surface area contributed by atoms with E-state index in [9.17, 15) is 9.59 Å². The molecule has 0 spiro atoms. The van der Waals surface area contributed by atoms with E-state index < -0.39 is 6.04 Å². The maximum atomic E-state index is 13.2. The van der Waals surface area contributed by atoms with Crippen LogP contribution >= 0.6 is 11.8 Å². The number of nitrogens with zero attached hydrogens (tertiary/aromatic N) is 1. The van der Waals surface area contributed by atoms with E-state index in [1.807, 2.05) is 37.3 Å². The van der Waals surface area contributed by atoms with Crippen molar-refractivity contribution < 1.29 is 9.59 Å². The van der Waals surface area contributed by atoms with Crippen LogP contribution in [0.4, 0.5) is 0 Å². The molecule has 1 saturated carbocycles. The number of carbonyl (C=O) groups is 2. The molecule has 4 nitrogen and oxygen atoms in total. The molecule has 0 saturated heterocycles. The SMILES string of the molecule is Cc1ccc(SCC(=O)N(CCc2ccccc2)C(C)C(=O)NC2CCCCC2)cc1. The van der Waals surface area contributed by atoms with Crippen LogP contribution in [-0.2, 0) is 16.0 Å². The predicted octanol–water partition coefficient (Wildman–Crippen LogP) is 5.00. The van der Waals surface area contributed by atoms with Crippen molar-refractivity contribution in [3.8, 4) is 0 Å². The lowest BCUT2D eigenvalue weighted by Gasteiger charge is -2.31. The van der Waals surface area contributed by atoms with Crippen molar-refractivity contribution in [1.29, 1.82) is 0 Å². The summed E-state index contributed by atoms with van der Waals surface area (Å²) >= 11 is 1.53. The third-order valence-electron chi connectivity index (χ3n) is 5.99. The summed E-state index contributed by atoms with van der Waals surface area (Å²) in [4.78, 5) is 29.0. The van der Waals surface area contributed by atoms with Crippen molar-refractivity contribution in [2.24, 2.45) is 0 Å². The van der Waals surface area contributed by atoms with Crippen molar-refractivity contribution >= 4 is 23.6 Å². The number of hydrogen-bond donors (Lipinski definition) is 1. The Kier molecular flexibility index (Phi) is 9.01. The van der Waals surface area contributed by atoms with E-state index in [-0.39, 0.29) is 17.9 Å². The van der Waals surface area contributed by atoms with E-state index in [4.69, 9.17) is 0 Å². The molecular formula is C26H34N2O2S. The van der Waals surface area contributed by atoms with Gasteiger partial charge in [0.1, 0.15) is 6.04 Å². The van der Waals surface area contributed by atoms with Gasteiger partial charge in [0.2, 0.25) is 11.8 Å². The third kappa shape index (κ3) is 7.42. The Morgan fingerprint density at radius 2 is 1.71 bits per heavy atom. The van der Waals surface area contributed by atoms with Crippen LogP contribution in [0.25, 0.3) is 0 Å². The Morgan fingerprint density at radius 3 is 2.39 bits per heavy atom. The largest absolute Gasteiger partial charge is 0.352 e. The molecule has 0 aliphatic heterocycles. The van der Waals surface area contributed by atoms with Crippen LogP contribution in [0.3, 0.4) is 0 Å². The minimum absolute atomic E-state index is 0.00722. The molecule has 0 bridgehead atoms. The average Bonchev–Trinajstić information content (AvgIpc) is 2.80.